The third-order valence-corrected chi connectivity index (χ3v) is 4.20. The minimum absolute atomic E-state index is 0.165. The Balaban J connectivity index is 1.85. The fourth-order valence-electron chi connectivity index (χ4n) is 3.10. The molecular formula is C17H27FN2O. The zero-order valence-corrected chi connectivity index (χ0v) is 13.1. The molecule has 0 aliphatic carbocycles. The van der Waals surface area contributed by atoms with Crippen molar-refractivity contribution in [1.82, 2.24) is 10.2 Å². The molecule has 2 unspecified atom stereocenters. The molecule has 118 valence electrons. The maximum Gasteiger partial charge on any atom is 0.123 e. The van der Waals surface area contributed by atoms with Crippen molar-refractivity contribution in [3.8, 4) is 0 Å². The first-order valence-electron chi connectivity index (χ1n) is 7.99. The van der Waals surface area contributed by atoms with Gasteiger partial charge in [-0.05, 0) is 57.5 Å². The van der Waals surface area contributed by atoms with Gasteiger partial charge in [-0.3, -0.25) is 0 Å². The van der Waals surface area contributed by atoms with Crippen LogP contribution < -0.4 is 5.32 Å². The largest absolute Gasteiger partial charge is 0.377 e. The highest BCUT2D eigenvalue weighted by molar-refractivity contribution is 5.20. The molecule has 0 spiro atoms. The second kappa shape index (κ2) is 8.47. The Hall–Kier alpha value is -0.970. The van der Waals surface area contributed by atoms with Crippen LogP contribution in [0.5, 0.6) is 0 Å². The summed E-state index contributed by atoms with van der Waals surface area (Å²) in [6, 6.07) is 7.09. The zero-order chi connectivity index (χ0) is 15.1. The summed E-state index contributed by atoms with van der Waals surface area (Å²) in [5, 5.41) is 3.30. The van der Waals surface area contributed by atoms with Crippen molar-refractivity contribution in [2.45, 2.75) is 38.3 Å². The van der Waals surface area contributed by atoms with Crippen LogP contribution >= 0.6 is 0 Å². The summed E-state index contributed by atoms with van der Waals surface area (Å²) >= 11 is 0. The molecule has 1 aliphatic heterocycles. The smallest absolute Gasteiger partial charge is 0.123 e. The lowest BCUT2D eigenvalue weighted by molar-refractivity contribution is 0.00509. The van der Waals surface area contributed by atoms with E-state index in [-0.39, 0.29) is 11.9 Å². The SMILES string of the molecule is CCOC1CCCN(CCC(NC)c2cccc(F)c2)C1. The van der Waals surface area contributed by atoms with Gasteiger partial charge in [0.15, 0.2) is 0 Å². The number of rotatable bonds is 7. The second-order valence-electron chi connectivity index (χ2n) is 5.71. The van der Waals surface area contributed by atoms with Crippen LogP contribution in [0.25, 0.3) is 0 Å². The average molecular weight is 294 g/mol. The Labute approximate surface area is 127 Å². The summed E-state index contributed by atoms with van der Waals surface area (Å²) in [7, 11) is 1.94. The molecule has 1 fully saturated rings. The number of hydrogen-bond acceptors (Lipinski definition) is 3. The molecule has 0 amide bonds. The number of piperidine rings is 1. The summed E-state index contributed by atoms with van der Waals surface area (Å²) in [4.78, 5) is 2.47. The van der Waals surface area contributed by atoms with Gasteiger partial charge in [0, 0.05) is 25.7 Å². The Bertz CT molecular complexity index is 425. The fraction of sp³-hybridized carbons (Fsp3) is 0.647. The highest BCUT2D eigenvalue weighted by Crippen LogP contribution is 2.20. The Kier molecular flexibility index (Phi) is 6.61. The van der Waals surface area contributed by atoms with E-state index in [1.807, 2.05) is 13.1 Å². The molecule has 21 heavy (non-hydrogen) atoms. The van der Waals surface area contributed by atoms with Crippen LogP contribution in [0, 0.1) is 5.82 Å². The van der Waals surface area contributed by atoms with Gasteiger partial charge in [0.2, 0.25) is 0 Å². The van der Waals surface area contributed by atoms with E-state index in [9.17, 15) is 4.39 Å². The van der Waals surface area contributed by atoms with E-state index < -0.39 is 0 Å². The highest BCUT2D eigenvalue weighted by atomic mass is 19.1. The van der Waals surface area contributed by atoms with Crippen LogP contribution in [0.15, 0.2) is 24.3 Å². The van der Waals surface area contributed by atoms with Crippen molar-refractivity contribution in [3.05, 3.63) is 35.6 Å². The molecule has 2 rings (SSSR count). The number of halogens is 1. The van der Waals surface area contributed by atoms with Crippen molar-refractivity contribution in [1.29, 1.82) is 0 Å². The van der Waals surface area contributed by atoms with Crippen LogP contribution in [0.2, 0.25) is 0 Å². The van der Waals surface area contributed by atoms with E-state index in [4.69, 9.17) is 4.74 Å². The van der Waals surface area contributed by atoms with E-state index in [0.29, 0.717) is 6.10 Å². The monoisotopic (exact) mass is 294 g/mol. The Morgan fingerprint density at radius 1 is 1.48 bits per heavy atom. The van der Waals surface area contributed by atoms with Gasteiger partial charge in [-0.15, -0.1) is 0 Å². The quantitative estimate of drug-likeness (QED) is 0.837. The molecule has 2 atom stereocenters. The second-order valence-corrected chi connectivity index (χ2v) is 5.71. The molecule has 1 aromatic carbocycles. The van der Waals surface area contributed by atoms with Crippen molar-refractivity contribution in [2.24, 2.45) is 0 Å². The average Bonchev–Trinajstić information content (AvgIpc) is 2.49. The van der Waals surface area contributed by atoms with Gasteiger partial charge >= 0.3 is 0 Å². The Morgan fingerprint density at radius 3 is 3.05 bits per heavy atom. The van der Waals surface area contributed by atoms with Crippen LogP contribution in [-0.4, -0.2) is 44.3 Å². The van der Waals surface area contributed by atoms with Crippen LogP contribution in [0.1, 0.15) is 37.8 Å². The van der Waals surface area contributed by atoms with Gasteiger partial charge in [-0.1, -0.05) is 12.1 Å². The van der Waals surface area contributed by atoms with E-state index in [0.717, 1.165) is 38.2 Å². The predicted octanol–water partition coefficient (Wildman–Crippen LogP) is 2.98. The Morgan fingerprint density at radius 2 is 2.33 bits per heavy atom. The summed E-state index contributed by atoms with van der Waals surface area (Å²) in [5.41, 5.74) is 1.02. The van der Waals surface area contributed by atoms with Crippen LogP contribution in [0.4, 0.5) is 4.39 Å². The van der Waals surface area contributed by atoms with Crippen LogP contribution in [-0.2, 0) is 4.74 Å². The van der Waals surface area contributed by atoms with Gasteiger partial charge in [0.1, 0.15) is 5.82 Å². The summed E-state index contributed by atoms with van der Waals surface area (Å²) < 4.78 is 19.1. The number of benzene rings is 1. The topological polar surface area (TPSA) is 24.5 Å². The minimum Gasteiger partial charge on any atom is -0.377 e. The lowest BCUT2D eigenvalue weighted by atomic mass is 10.0. The third-order valence-electron chi connectivity index (χ3n) is 4.20. The predicted molar refractivity (Wildman–Crippen MR) is 83.9 cm³/mol. The lowest BCUT2D eigenvalue weighted by Crippen LogP contribution is -2.41. The molecular weight excluding hydrogens is 267 g/mol. The number of likely N-dealkylation sites (tertiary alicyclic amines) is 1. The summed E-state index contributed by atoms with van der Waals surface area (Å²) in [6.45, 7) is 6.03. The molecule has 1 saturated heterocycles. The van der Waals surface area contributed by atoms with Crippen LogP contribution in [0.3, 0.4) is 0 Å². The minimum atomic E-state index is -0.165. The molecule has 1 aliphatic rings. The molecule has 1 aromatic rings. The zero-order valence-electron chi connectivity index (χ0n) is 13.1. The third kappa shape index (κ3) is 5.06. The van der Waals surface area contributed by atoms with Gasteiger partial charge in [0.25, 0.3) is 0 Å². The molecule has 1 N–H and O–H groups in total. The number of nitrogens with zero attached hydrogens (tertiary/aromatic N) is 1. The van der Waals surface area contributed by atoms with E-state index in [1.165, 1.54) is 18.9 Å². The standard InChI is InChI=1S/C17H27FN2O/c1-3-21-16-8-5-10-20(13-16)11-9-17(19-2)14-6-4-7-15(18)12-14/h4,6-7,12,16-17,19H,3,5,8-11,13H2,1-2H3. The molecule has 0 aromatic heterocycles. The van der Waals surface area contributed by atoms with Crippen molar-refractivity contribution < 1.29 is 9.13 Å². The van der Waals surface area contributed by atoms with E-state index in [2.05, 4.69) is 17.1 Å². The molecule has 3 nitrogen and oxygen atoms in total. The number of nitrogens with one attached hydrogen (secondary N) is 1. The lowest BCUT2D eigenvalue weighted by Gasteiger charge is -2.33. The first kappa shape index (κ1) is 16.4. The van der Waals surface area contributed by atoms with Crippen molar-refractivity contribution in [3.63, 3.8) is 0 Å². The van der Waals surface area contributed by atoms with Gasteiger partial charge in [-0.2, -0.15) is 0 Å². The normalized spacial score (nSPS) is 21.4. The van der Waals surface area contributed by atoms with Gasteiger partial charge in [0.05, 0.1) is 6.10 Å². The maximum absolute atomic E-state index is 13.3. The molecule has 0 bridgehead atoms. The number of hydrogen-bond donors (Lipinski definition) is 1. The summed E-state index contributed by atoms with van der Waals surface area (Å²) in [6.07, 6.45) is 3.74. The van der Waals surface area contributed by atoms with E-state index >= 15 is 0 Å². The maximum atomic E-state index is 13.3. The first-order chi connectivity index (χ1) is 10.2. The number of ether oxygens (including phenoxy) is 1. The summed E-state index contributed by atoms with van der Waals surface area (Å²) in [5.74, 6) is -0.165. The fourth-order valence-corrected chi connectivity index (χ4v) is 3.10. The van der Waals surface area contributed by atoms with Gasteiger partial charge in [-0.25, -0.2) is 4.39 Å². The molecule has 1 heterocycles. The first-order valence-corrected chi connectivity index (χ1v) is 7.99. The van der Waals surface area contributed by atoms with E-state index in [1.54, 1.807) is 12.1 Å². The highest BCUT2D eigenvalue weighted by Gasteiger charge is 2.21. The molecule has 0 radical (unpaired) electrons. The molecule has 0 saturated carbocycles. The van der Waals surface area contributed by atoms with Crippen molar-refractivity contribution >= 4 is 0 Å². The van der Waals surface area contributed by atoms with Gasteiger partial charge < -0.3 is 15.0 Å². The van der Waals surface area contributed by atoms with Crippen molar-refractivity contribution in [2.75, 3.05) is 33.3 Å². The molecule has 4 heteroatoms.